The van der Waals surface area contributed by atoms with Gasteiger partial charge in [0.15, 0.2) is 0 Å². The Kier molecular flexibility index (Phi) is 3.93. The van der Waals surface area contributed by atoms with E-state index in [1.54, 1.807) is 11.8 Å². The van der Waals surface area contributed by atoms with Crippen LogP contribution in [0.25, 0.3) is 0 Å². The molecule has 1 heterocycles. The van der Waals surface area contributed by atoms with Crippen LogP contribution in [0.4, 0.5) is 0 Å². The molecule has 1 aromatic carbocycles. The van der Waals surface area contributed by atoms with Gasteiger partial charge in [-0.25, -0.2) is 0 Å². The normalized spacial score (nSPS) is 10.6. The molecular weight excluding hydrogens is 408 g/mol. The van der Waals surface area contributed by atoms with Crippen molar-refractivity contribution in [1.29, 1.82) is 0 Å². The molecule has 0 unspecified atom stereocenters. The van der Waals surface area contributed by atoms with Crippen molar-refractivity contribution in [1.82, 2.24) is 10.2 Å². The van der Waals surface area contributed by atoms with Crippen LogP contribution in [-0.4, -0.2) is 10.2 Å². The lowest BCUT2D eigenvalue weighted by molar-refractivity contribution is 1.00. The van der Waals surface area contributed by atoms with E-state index in [1.165, 1.54) is 0 Å². The molecule has 0 fully saturated rings. The molecule has 2 rings (SSSR count). The van der Waals surface area contributed by atoms with E-state index in [4.69, 9.17) is 0 Å². The number of aromatic amines is 1. The fraction of sp³-hybridized carbons (Fsp3) is 0. The number of nitrogens with one attached hydrogen (secondary N) is 1. The minimum atomic E-state index is 0.931. The van der Waals surface area contributed by atoms with Crippen LogP contribution in [0.2, 0.25) is 0 Å². The molecule has 0 atom stereocenters. The Balaban J connectivity index is 2.28. The largest absolute Gasteiger partial charge is 0.283 e. The van der Waals surface area contributed by atoms with Gasteiger partial charge in [-0.1, -0.05) is 43.6 Å². The topological polar surface area (TPSA) is 28.7 Å². The number of rotatable bonds is 2. The van der Waals surface area contributed by atoms with Gasteiger partial charge in [-0.15, -0.1) is 0 Å². The first-order valence-electron chi connectivity index (χ1n) is 3.98. The summed E-state index contributed by atoms with van der Waals surface area (Å²) in [5.74, 6) is 0. The number of benzene rings is 1. The molecule has 0 radical (unpaired) electrons. The molecule has 1 aromatic heterocycles. The van der Waals surface area contributed by atoms with Crippen LogP contribution < -0.4 is 0 Å². The Hall–Kier alpha value is 0.220. The molecule has 0 saturated heterocycles. The Bertz CT molecular complexity index is 464. The van der Waals surface area contributed by atoms with Gasteiger partial charge in [0.2, 0.25) is 0 Å². The zero-order valence-electron chi connectivity index (χ0n) is 7.30. The van der Waals surface area contributed by atoms with Gasteiger partial charge in [0.25, 0.3) is 0 Å². The minimum Gasteiger partial charge on any atom is -0.283 e. The zero-order chi connectivity index (χ0) is 10.8. The number of H-pyrrole nitrogens is 1. The Labute approximate surface area is 117 Å². The van der Waals surface area contributed by atoms with Gasteiger partial charge in [0.1, 0.15) is 5.03 Å². The SMILES string of the molecule is Brc1cc(Br)cc(Sc2n[nH]cc2Br)c1. The van der Waals surface area contributed by atoms with Crippen molar-refractivity contribution in [3.05, 3.63) is 37.8 Å². The Morgan fingerprint density at radius 2 is 1.73 bits per heavy atom. The van der Waals surface area contributed by atoms with E-state index in [1.807, 2.05) is 12.3 Å². The van der Waals surface area contributed by atoms with E-state index in [9.17, 15) is 0 Å². The van der Waals surface area contributed by atoms with Crippen molar-refractivity contribution in [3.63, 3.8) is 0 Å². The first-order valence-corrected chi connectivity index (χ1v) is 7.18. The molecule has 0 aliphatic carbocycles. The lowest BCUT2D eigenvalue weighted by atomic mass is 10.4. The molecule has 0 saturated carbocycles. The van der Waals surface area contributed by atoms with Crippen molar-refractivity contribution in [2.24, 2.45) is 0 Å². The third kappa shape index (κ3) is 3.09. The summed E-state index contributed by atoms with van der Waals surface area (Å²) in [6, 6.07) is 6.11. The van der Waals surface area contributed by atoms with Gasteiger partial charge in [-0.3, -0.25) is 5.10 Å². The average Bonchev–Trinajstić information content (AvgIpc) is 2.50. The van der Waals surface area contributed by atoms with Crippen LogP contribution in [0.5, 0.6) is 0 Å². The first-order chi connectivity index (χ1) is 7.15. The van der Waals surface area contributed by atoms with Crippen LogP contribution in [0.1, 0.15) is 0 Å². The lowest BCUT2D eigenvalue weighted by Crippen LogP contribution is -1.76. The summed E-state index contributed by atoms with van der Waals surface area (Å²) in [5, 5.41) is 7.87. The monoisotopic (exact) mass is 410 g/mol. The molecule has 2 aromatic rings. The predicted molar refractivity (Wildman–Crippen MR) is 72.3 cm³/mol. The van der Waals surface area contributed by atoms with Gasteiger partial charge in [-0.2, -0.15) is 5.10 Å². The summed E-state index contributed by atoms with van der Waals surface area (Å²) in [7, 11) is 0. The van der Waals surface area contributed by atoms with Gasteiger partial charge in [0, 0.05) is 20.0 Å². The zero-order valence-corrected chi connectivity index (χ0v) is 12.9. The van der Waals surface area contributed by atoms with E-state index in [2.05, 4.69) is 70.1 Å². The number of hydrogen-bond donors (Lipinski definition) is 1. The van der Waals surface area contributed by atoms with E-state index >= 15 is 0 Å². The summed E-state index contributed by atoms with van der Waals surface area (Å²) in [6.45, 7) is 0. The molecule has 0 spiro atoms. The van der Waals surface area contributed by atoms with Crippen molar-refractivity contribution in [2.75, 3.05) is 0 Å². The van der Waals surface area contributed by atoms with Crippen molar-refractivity contribution < 1.29 is 0 Å². The van der Waals surface area contributed by atoms with Crippen LogP contribution in [-0.2, 0) is 0 Å². The second-order valence-corrected chi connectivity index (χ2v) is 6.49. The predicted octanol–water partition coefficient (Wildman–Crippen LogP) is 4.85. The third-order valence-electron chi connectivity index (χ3n) is 1.61. The van der Waals surface area contributed by atoms with E-state index in [-0.39, 0.29) is 0 Å². The lowest BCUT2D eigenvalue weighted by Gasteiger charge is -2.01. The molecule has 0 amide bonds. The number of aromatic nitrogens is 2. The Morgan fingerprint density at radius 3 is 2.27 bits per heavy atom. The minimum absolute atomic E-state index is 0.931. The second kappa shape index (κ2) is 5.03. The summed E-state index contributed by atoms with van der Waals surface area (Å²) in [4.78, 5) is 1.13. The number of halogens is 3. The maximum Gasteiger partial charge on any atom is 0.137 e. The third-order valence-corrected chi connectivity index (χ3v) is 4.37. The van der Waals surface area contributed by atoms with Crippen molar-refractivity contribution in [2.45, 2.75) is 9.92 Å². The maximum absolute atomic E-state index is 4.13. The van der Waals surface area contributed by atoms with Crippen LogP contribution in [0.15, 0.2) is 47.7 Å². The molecule has 78 valence electrons. The van der Waals surface area contributed by atoms with Gasteiger partial charge < -0.3 is 0 Å². The summed E-state index contributed by atoms with van der Waals surface area (Å²) in [5.41, 5.74) is 0. The van der Waals surface area contributed by atoms with Crippen LogP contribution >= 0.6 is 59.6 Å². The van der Waals surface area contributed by atoms with Gasteiger partial charge in [-0.05, 0) is 34.1 Å². The quantitative estimate of drug-likeness (QED) is 0.763. The number of nitrogens with zero attached hydrogens (tertiary/aromatic N) is 1. The fourth-order valence-corrected chi connectivity index (χ4v) is 3.91. The first kappa shape index (κ1) is 11.7. The average molecular weight is 413 g/mol. The molecule has 0 aliphatic heterocycles. The molecule has 1 N–H and O–H groups in total. The summed E-state index contributed by atoms with van der Waals surface area (Å²) < 4.78 is 3.07. The molecule has 0 bridgehead atoms. The number of hydrogen-bond acceptors (Lipinski definition) is 2. The van der Waals surface area contributed by atoms with Crippen molar-refractivity contribution >= 4 is 59.6 Å². The highest BCUT2D eigenvalue weighted by atomic mass is 79.9. The molecular formula is C9H5Br3N2S. The van der Waals surface area contributed by atoms with Crippen LogP contribution in [0, 0.1) is 0 Å². The van der Waals surface area contributed by atoms with Gasteiger partial charge in [0.05, 0.1) is 4.47 Å². The highest BCUT2D eigenvalue weighted by Crippen LogP contribution is 2.34. The smallest absolute Gasteiger partial charge is 0.137 e. The molecule has 6 heteroatoms. The maximum atomic E-state index is 4.13. The van der Waals surface area contributed by atoms with E-state index < -0.39 is 0 Å². The van der Waals surface area contributed by atoms with Gasteiger partial charge >= 0.3 is 0 Å². The molecule has 15 heavy (non-hydrogen) atoms. The van der Waals surface area contributed by atoms with Crippen molar-refractivity contribution in [3.8, 4) is 0 Å². The standard InChI is InChI=1S/C9H5Br3N2S/c10-5-1-6(11)3-7(2-5)15-9-8(12)4-13-14-9/h1-4H,(H,13,14). The Morgan fingerprint density at radius 1 is 1.07 bits per heavy atom. The summed E-state index contributed by atoms with van der Waals surface area (Å²) in [6.07, 6.45) is 1.81. The molecule has 2 nitrogen and oxygen atoms in total. The van der Waals surface area contributed by atoms with Crippen LogP contribution in [0.3, 0.4) is 0 Å². The fourth-order valence-electron chi connectivity index (χ4n) is 1.03. The highest BCUT2D eigenvalue weighted by Gasteiger charge is 2.06. The second-order valence-electron chi connectivity index (χ2n) is 2.75. The molecule has 0 aliphatic rings. The summed E-state index contributed by atoms with van der Waals surface area (Å²) >= 11 is 11.9. The van der Waals surface area contributed by atoms with E-state index in [0.717, 1.165) is 23.3 Å². The van der Waals surface area contributed by atoms with E-state index in [0.29, 0.717) is 0 Å². The highest BCUT2D eigenvalue weighted by molar-refractivity contribution is 9.11.